The number of nitrogens with two attached hydrogens (primary N) is 1. The summed E-state index contributed by atoms with van der Waals surface area (Å²) in [5, 5.41) is 7.48. The molecule has 0 radical (unpaired) electrons. The Morgan fingerprint density at radius 1 is 1.05 bits per heavy atom. The summed E-state index contributed by atoms with van der Waals surface area (Å²) >= 11 is 0. The maximum Gasteiger partial charge on any atom is 0.305 e. The molecule has 1 saturated heterocycles. The van der Waals surface area contributed by atoms with Crippen molar-refractivity contribution in [1.29, 1.82) is 5.41 Å². The second-order valence-electron chi connectivity index (χ2n) is 8.97. The molecule has 0 bridgehead atoms. The molecule has 0 amide bonds. The summed E-state index contributed by atoms with van der Waals surface area (Å²) in [6.45, 7) is 0.316. The van der Waals surface area contributed by atoms with Crippen molar-refractivity contribution in [3.05, 3.63) is 72.4 Å². The Kier molecular flexibility index (Phi) is 8.28. The molecule has 2 aromatic carbocycles. The van der Waals surface area contributed by atoms with Gasteiger partial charge in [0.1, 0.15) is 23.9 Å². The highest BCUT2D eigenvalue weighted by atomic mass is 32.2. The highest BCUT2D eigenvalue weighted by molar-refractivity contribution is 7.89. The van der Waals surface area contributed by atoms with E-state index < -0.39 is 16.1 Å². The minimum Gasteiger partial charge on any atom is -0.497 e. The van der Waals surface area contributed by atoms with Gasteiger partial charge in [-0.2, -0.15) is 4.31 Å². The van der Waals surface area contributed by atoms with Crippen LogP contribution in [0.15, 0.2) is 71.8 Å². The number of sulfonamides is 1. The van der Waals surface area contributed by atoms with Gasteiger partial charge in [-0.25, -0.2) is 8.42 Å². The van der Waals surface area contributed by atoms with E-state index in [0.717, 1.165) is 11.3 Å². The highest BCUT2D eigenvalue weighted by Gasteiger charge is 2.41. The number of hydrogen-bond donors (Lipinski definition) is 2. The molecule has 2 heterocycles. The predicted octanol–water partition coefficient (Wildman–Crippen LogP) is 3.06. The second-order valence-corrected chi connectivity index (χ2v) is 10.9. The van der Waals surface area contributed by atoms with Gasteiger partial charge >= 0.3 is 5.97 Å². The SMILES string of the molecule is COC(=O)C[C@@H]1C[C@@H](COc2ccc(-c3ccc(C(=N)N)cn3)cc2)N(S(=O)(=O)c2ccc(OC)cc2)C1. The van der Waals surface area contributed by atoms with Crippen LogP contribution in [0.4, 0.5) is 0 Å². The maximum absolute atomic E-state index is 13.5. The molecule has 200 valence electrons. The van der Waals surface area contributed by atoms with Crippen LogP contribution in [0.5, 0.6) is 11.5 Å². The summed E-state index contributed by atoms with van der Waals surface area (Å²) in [7, 11) is -0.996. The Balaban J connectivity index is 1.48. The average molecular weight is 539 g/mol. The van der Waals surface area contributed by atoms with Crippen LogP contribution < -0.4 is 15.2 Å². The molecular weight excluding hydrogens is 508 g/mol. The topological polar surface area (TPSA) is 145 Å². The van der Waals surface area contributed by atoms with E-state index in [1.807, 2.05) is 12.1 Å². The van der Waals surface area contributed by atoms with Crippen molar-refractivity contribution in [1.82, 2.24) is 9.29 Å². The van der Waals surface area contributed by atoms with Crippen LogP contribution in [0.3, 0.4) is 0 Å². The van der Waals surface area contributed by atoms with Gasteiger partial charge in [-0.05, 0) is 73.0 Å². The van der Waals surface area contributed by atoms with Crippen molar-refractivity contribution >= 4 is 21.8 Å². The van der Waals surface area contributed by atoms with Crippen molar-refractivity contribution in [3.63, 3.8) is 0 Å². The highest BCUT2D eigenvalue weighted by Crippen LogP contribution is 2.33. The van der Waals surface area contributed by atoms with Gasteiger partial charge in [0.05, 0.1) is 30.9 Å². The summed E-state index contributed by atoms with van der Waals surface area (Å²) in [5.41, 5.74) is 7.61. The number of hydrogen-bond acceptors (Lipinski definition) is 8. The standard InChI is InChI=1S/C27H30N4O6S/c1-35-22-8-10-24(11-9-22)38(33,34)31-16-18(14-26(32)36-2)13-21(31)17-37-23-6-3-19(4-7-23)25-12-5-20(15-30-25)27(28)29/h3-12,15,18,21H,13-14,16-17H2,1-2H3,(H3,28,29)/t18-,21-/m0/s1. The molecule has 1 aliphatic rings. The molecule has 38 heavy (non-hydrogen) atoms. The number of aromatic nitrogens is 1. The summed E-state index contributed by atoms with van der Waals surface area (Å²) in [4.78, 5) is 16.4. The van der Waals surface area contributed by atoms with Gasteiger partial charge in [0.25, 0.3) is 0 Å². The molecule has 0 spiro atoms. The van der Waals surface area contributed by atoms with Crippen LogP contribution in [0, 0.1) is 11.3 Å². The van der Waals surface area contributed by atoms with E-state index >= 15 is 0 Å². The number of nitrogen functional groups attached to an aromatic ring is 1. The van der Waals surface area contributed by atoms with Gasteiger partial charge < -0.3 is 19.9 Å². The number of pyridine rings is 1. The number of nitrogens with one attached hydrogen (secondary N) is 1. The smallest absolute Gasteiger partial charge is 0.305 e. The minimum absolute atomic E-state index is 0.0448. The molecule has 0 saturated carbocycles. The first kappa shape index (κ1) is 27.1. The molecule has 1 fully saturated rings. The van der Waals surface area contributed by atoms with Crippen LogP contribution in [0.2, 0.25) is 0 Å². The van der Waals surface area contributed by atoms with Crippen LogP contribution in [0.1, 0.15) is 18.4 Å². The lowest BCUT2D eigenvalue weighted by molar-refractivity contribution is -0.141. The van der Waals surface area contributed by atoms with Crippen molar-refractivity contribution in [2.24, 2.45) is 11.7 Å². The number of rotatable bonds is 10. The zero-order valence-corrected chi connectivity index (χ0v) is 22.0. The Bertz CT molecular complexity index is 1380. The molecule has 0 unspecified atom stereocenters. The van der Waals surface area contributed by atoms with E-state index in [4.69, 9.17) is 25.4 Å². The fourth-order valence-electron chi connectivity index (χ4n) is 4.41. The number of methoxy groups -OCH3 is 2. The number of esters is 1. The number of amidine groups is 1. The van der Waals surface area contributed by atoms with Crippen molar-refractivity contribution < 1.29 is 27.4 Å². The van der Waals surface area contributed by atoms with E-state index in [9.17, 15) is 13.2 Å². The third kappa shape index (κ3) is 6.12. The first-order chi connectivity index (χ1) is 18.2. The van der Waals surface area contributed by atoms with E-state index in [2.05, 4.69) is 4.98 Å². The summed E-state index contributed by atoms with van der Waals surface area (Å²) in [5.74, 6) is 0.528. The lowest BCUT2D eigenvalue weighted by atomic mass is 10.0. The normalized spacial score (nSPS) is 17.6. The van der Waals surface area contributed by atoms with Crippen molar-refractivity contribution in [2.75, 3.05) is 27.4 Å². The second kappa shape index (κ2) is 11.6. The lowest BCUT2D eigenvalue weighted by Gasteiger charge is -2.24. The summed E-state index contributed by atoms with van der Waals surface area (Å²) in [6.07, 6.45) is 2.14. The molecule has 1 aromatic heterocycles. The van der Waals surface area contributed by atoms with Crippen LogP contribution >= 0.6 is 0 Å². The summed E-state index contributed by atoms with van der Waals surface area (Å²) < 4.78 is 44.4. The zero-order valence-electron chi connectivity index (χ0n) is 21.2. The number of ether oxygens (including phenoxy) is 3. The van der Waals surface area contributed by atoms with Gasteiger partial charge in [0, 0.05) is 30.3 Å². The summed E-state index contributed by atoms with van der Waals surface area (Å²) in [6, 6.07) is 16.6. The van der Waals surface area contributed by atoms with Crippen LogP contribution in [-0.4, -0.2) is 62.9 Å². The van der Waals surface area contributed by atoms with Gasteiger partial charge in [0.2, 0.25) is 10.0 Å². The van der Waals surface area contributed by atoms with Crippen molar-refractivity contribution in [2.45, 2.75) is 23.8 Å². The van der Waals surface area contributed by atoms with Crippen LogP contribution in [-0.2, 0) is 19.6 Å². The Morgan fingerprint density at radius 2 is 1.74 bits per heavy atom. The van der Waals surface area contributed by atoms with E-state index in [1.54, 1.807) is 42.6 Å². The molecule has 4 rings (SSSR count). The van der Waals surface area contributed by atoms with Gasteiger partial charge in [-0.1, -0.05) is 0 Å². The fraction of sp³-hybridized carbons (Fsp3) is 0.296. The minimum atomic E-state index is -3.83. The predicted molar refractivity (Wildman–Crippen MR) is 142 cm³/mol. The number of carbonyl (C=O) groups is 1. The van der Waals surface area contributed by atoms with E-state index in [-0.39, 0.29) is 42.2 Å². The third-order valence-electron chi connectivity index (χ3n) is 6.47. The zero-order chi connectivity index (χ0) is 27.3. The first-order valence-electron chi connectivity index (χ1n) is 12.0. The molecule has 2 atom stereocenters. The third-order valence-corrected chi connectivity index (χ3v) is 8.40. The fourth-order valence-corrected chi connectivity index (χ4v) is 6.11. The van der Waals surface area contributed by atoms with Crippen LogP contribution in [0.25, 0.3) is 11.3 Å². The molecule has 3 N–H and O–H groups in total. The Labute approximate surface area is 221 Å². The van der Waals surface area contributed by atoms with E-state index in [0.29, 0.717) is 23.5 Å². The molecule has 3 aromatic rings. The first-order valence-corrected chi connectivity index (χ1v) is 13.4. The quantitative estimate of drug-likeness (QED) is 0.228. The largest absolute Gasteiger partial charge is 0.497 e. The Hall–Kier alpha value is -3.96. The Morgan fingerprint density at radius 3 is 2.32 bits per heavy atom. The number of nitrogens with zero attached hydrogens (tertiary/aromatic N) is 2. The molecule has 1 aliphatic heterocycles. The maximum atomic E-state index is 13.5. The number of benzene rings is 2. The molecule has 0 aliphatic carbocycles. The average Bonchev–Trinajstić information content (AvgIpc) is 3.35. The molecule has 11 heteroatoms. The lowest BCUT2D eigenvalue weighted by Crippen LogP contribution is -2.39. The van der Waals surface area contributed by atoms with Crippen molar-refractivity contribution in [3.8, 4) is 22.8 Å². The number of carbonyl (C=O) groups excluding carboxylic acids is 1. The monoisotopic (exact) mass is 538 g/mol. The molecular formula is C27H30N4O6S. The molecule has 10 nitrogen and oxygen atoms in total. The van der Waals surface area contributed by atoms with Gasteiger partial charge in [0.15, 0.2) is 0 Å². The van der Waals surface area contributed by atoms with Gasteiger partial charge in [-0.15, -0.1) is 0 Å². The van der Waals surface area contributed by atoms with Gasteiger partial charge in [-0.3, -0.25) is 15.2 Å². The van der Waals surface area contributed by atoms with E-state index in [1.165, 1.54) is 30.7 Å².